The Bertz CT molecular complexity index is 202. The van der Waals surface area contributed by atoms with E-state index in [1.807, 2.05) is 6.92 Å². The smallest absolute Gasteiger partial charge is 0.237 e. The van der Waals surface area contributed by atoms with E-state index in [1.54, 1.807) is 0 Å². The van der Waals surface area contributed by atoms with Gasteiger partial charge >= 0.3 is 0 Å². The van der Waals surface area contributed by atoms with Crippen LogP contribution in [0.15, 0.2) is 0 Å². The molecule has 0 aliphatic heterocycles. The molecule has 1 fully saturated rings. The first kappa shape index (κ1) is 12.5. The predicted molar refractivity (Wildman–Crippen MR) is 62.7 cm³/mol. The monoisotopic (exact) mass is 212 g/mol. The predicted octanol–water partition coefficient (Wildman–Crippen LogP) is 1.68. The topological polar surface area (TPSA) is 41.1 Å². The van der Waals surface area contributed by atoms with Crippen LogP contribution < -0.4 is 10.6 Å². The summed E-state index contributed by atoms with van der Waals surface area (Å²) in [6.45, 7) is 7.30. The van der Waals surface area contributed by atoms with E-state index >= 15 is 0 Å². The molecule has 88 valence electrons. The molecule has 3 heteroatoms. The Morgan fingerprint density at radius 1 is 1.40 bits per heavy atom. The highest BCUT2D eigenvalue weighted by molar-refractivity contribution is 5.81. The van der Waals surface area contributed by atoms with Crippen LogP contribution in [0, 0.1) is 5.92 Å². The van der Waals surface area contributed by atoms with Crippen molar-refractivity contribution < 1.29 is 4.79 Å². The highest BCUT2D eigenvalue weighted by Crippen LogP contribution is 2.18. The van der Waals surface area contributed by atoms with E-state index in [-0.39, 0.29) is 11.9 Å². The summed E-state index contributed by atoms with van der Waals surface area (Å²) in [5, 5.41) is 6.30. The van der Waals surface area contributed by atoms with Crippen molar-refractivity contribution in [3.05, 3.63) is 0 Å². The molecule has 1 amide bonds. The van der Waals surface area contributed by atoms with Crippen LogP contribution in [-0.2, 0) is 4.79 Å². The van der Waals surface area contributed by atoms with Crippen molar-refractivity contribution in [1.82, 2.24) is 10.6 Å². The fourth-order valence-electron chi connectivity index (χ4n) is 1.62. The zero-order valence-corrected chi connectivity index (χ0v) is 10.2. The third kappa shape index (κ3) is 5.17. The maximum Gasteiger partial charge on any atom is 0.237 e. The second-order valence-electron chi connectivity index (χ2n) is 4.81. The number of carbonyl (C=O) groups excluding carboxylic acids is 1. The van der Waals surface area contributed by atoms with E-state index in [9.17, 15) is 4.79 Å². The molecule has 2 N–H and O–H groups in total. The van der Waals surface area contributed by atoms with Gasteiger partial charge < -0.3 is 10.6 Å². The molecule has 1 rings (SSSR count). The van der Waals surface area contributed by atoms with Gasteiger partial charge in [0.15, 0.2) is 0 Å². The van der Waals surface area contributed by atoms with Crippen LogP contribution in [0.4, 0.5) is 0 Å². The zero-order valence-electron chi connectivity index (χ0n) is 10.2. The van der Waals surface area contributed by atoms with Crippen LogP contribution in [0.1, 0.15) is 46.5 Å². The number of carbonyl (C=O) groups is 1. The number of hydrogen-bond acceptors (Lipinski definition) is 2. The lowest BCUT2D eigenvalue weighted by atomic mass is 10.1. The Morgan fingerprint density at radius 3 is 2.60 bits per heavy atom. The van der Waals surface area contributed by atoms with Gasteiger partial charge in [0, 0.05) is 6.04 Å². The van der Waals surface area contributed by atoms with Gasteiger partial charge in [-0.2, -0.15) is 0 Å². The Hall–Kier alpha value is -0.570. The first-order chi connectivity index (χ1) is 7.13. The van der Waals surface area contributed by atoms with Crippen LogP contribution in [0.3, 0.4) is 0 Å². The standard InChI is InChI=1S/C12H24N2O/c1-4-5-9(2)8-13-10(3)12(15)14-11-6-7-11/h9-11,13H,4-8H2,1-3H3,(H,14,15). The molecule has 2 unspecified atom stereocenters. The Balaban J connectivity index is 2.10. The molecule has 2 atom stereocenters. The molecule has 1 aliphatic carbocycles. The highest BCUT2D eigenvalue weighted by Gasteiger charge is 2.25. The van der Waals surface area contributed by atoms with Crippen LogP contribution in [-0.4, -0.2) is 24.5 Å². The minimum Gasteiger partial charge on any atom is -0.352 e. The molecule has 0 aromatic carbocycles. The van der Waals surface area contributed by atoms with Gasteiger partial charge in [-0.25, -0.2) is 0 Å². The fourth-order valence-corrected chi connectivity index (χ4v) is 1.62. The van der Waals surface area contributed by atoms with E-state index in [2.05, 4.69) is 24.5 Å². The summed E-state index contributed by atoms with van der Waals surface area (Å²) >= 11 is 0. The molecular formula is C12H24N2O. The normalized spacial score (nSPS) is 19.7. The van der Waals surface area contributed by atoms with Crippen LogP contribution >= 0.6 is 0 Å². The van der Waals surface area contributed by atoms with Crippen molar-refractivity contribution in [3.63, 3.8) is 0 Å². The maximum absolute atomic E-state index is 11.6. The van der Waals surface area contributed by atoms with Gasteiger partial charge in [-0.05, 0) is 38.6 Å². The first-order valence-corrected chi connectivity index (χ1v) is 6.17. The van der Waals surface area contributed by atoms with Gasteiger partial charge in [0.2, 0.25) is 5.91 Å². The van der Waals surface area contributed by atoms with Gasteiger partial charge in [0.05, 0.1) is 6.04 Å². The molecule has 15 heavy (non-hydrogen) atoms. The number of amides is 1. The molecule has 0 aromatic heterocycles. The first-order valence-electron chi connectivity index (χ1n) is 6.17. The maximum atomic E-state index is 11.6. The summed E-state index contributed by atoms with van der Waals surface area (Å²) in [4.78, 5) is 11.6. The molecule has 0 bridgehead atoms. The van der Waals surface area contributed by atoms with Crippen molar-refractivity contribution in [1.29, 1.82) is 0 Å². The molecule has 0 saturated heterocycles. The van der Waals surface area contributed by atoms with Crippen molar-refractivity contribution in [2.24, 2.45) is 5.92 Å². The molecule has 0 aromatic rings. The van der Waals surface area contributed by atoms with Crippen LogP contribution in [0.5, 0.6) is 0 Å². The molecule has 1 aliphatic rings. The summed E-state index contributed by atoms with van der Waals surface area (Å²) in [6.07, 6.45) is 4.75. The summed E-state index contributed by atoms with van der Waals surface area (Å²) in [5.74, 6) is 0.812. The summed E-state index contributed by atoms with van der Waals surface area (Å²) in [7, 11) is 0. The molecule has 3 nitrogen and oxygen atoms in total. The van der Waals surface area contributed by atoms with Gasteiger partial charge in [0.1, 0.15) is 0 Å². The minimum atomic E-state index is -0.0510. The third-order valence-electron chi connectivity index (χ3n) is 2.87. The molecule has 0 spiro atoms. The number of hydrogen-bond donors (Lipinski definition) is 2. The van der Waals surface area contributed by atoms with Gasteiger partial charge in [0.25, 0.3) is 0 Å². The lowest BCUT2D eigenvalue weighted by Crippen LogP contribution is -2.44. The average Bonchev–Trinajstić information content (AvgIpc) is 2.98. The fraction of sp³-hybridized carbons (Fsp3) is 0.917. The lowest BCUT2D eigenvalue weighted by molar-refractivity contribution is -0.122. The van der Waals surface area contributed by atoms with E-state index in [1.165, 1.54) is 12.8 Å². The van der Waals surface area contributed by atoms with Gasteiger partial charge in [-0.3, -0.25) is 4.79 Å². The quantitative estimate of drug-likeness (QED) is 0.674. The van der Waals surface area contributed by atoms with Crippen molar-refractivity contribution in [3.8, 4) is 0 Å². The molecule has 1 saturated carbocycles. The van der Waals surface area contributed by atoms with Crippen molar-refractivity contribution >= 4 is 5.91 Å². The van der Waals surface area contributed by atoms with E-state index in [0.717, 1.165) is 19.4 Å². The van der Waals surface area contributed by atoms with Gasteiger partial charge in [-0.1, -0.05) is 20.3 Å². The Morgan fingerprint density at radius 2 is 2.07 bits per heavy atom. The van der Waals surface area contributed by atoms with E-state index < -0.39 is 0 Å². The molecule has 0 radical (unpaired) electrons. The second kappa shape index (κ2) is 6.11. The summed E-state index contributed by atoms with van der Waals surface area (Å²) in [5.41, 5.74) is 0. The minimum absolute atomic E-state index is 0.0510. The highest BCUT2D eigenvalue weighted by atomic mass is 16.2. The largest absolute Gasteiger partial charge is 0.352 e. The van der Waals surface area contributed by atoms with E-state index in [0.29, 0.717) is 12.0 Å². The lowest BCUT2D eigenvalue weighted by Gasteiger charge is -2.17. The van der Waals surface area contributed by atoms with Crippen molar-refractivity contribution in [2.45, 2.75) is 58.5 Å². The summed E-state index contributed by atoms with van der Waals surface area (Å²) in [6, 6.07) is 0.416. The molecule has 0 heterocycles. The number of rotatable bonds is 7. The Labute approximate surface area is 93.0 Å². The van der Waals surface area contributed by atoms with Gasteiger partial charge in [-0.15, -0.1) is 0 Å². The van der Waals surface area contributed by atoms with Crippen LogP contribution in [0.25, 0.3) is 0 Å². The third-order valence-corrected chi connectivity index (χ3v) is 2.87. The second-order valence-corrected chi connectivity index (χ2v) is 4.81. The Kier molecular flexibility index (Phi) is 5.09. The van der Waals surface area contributed by atoms with Crippen molar-refractivity contribution in [2.75, 3.05) is 6.54 Å². The SMILES string of the molecule is CCCC(C)CNC(C)C(=O)NC1CC1. The molecular weight excluding hydrogens is 188 g/mol. The van der Waals surface area contributed by atoms with Crippen LogP contribution in [0.2, 0.25) is 0 Å². The number of nitrogens with one attached hydrogen (secondary N) is 2. The summed E-state index contributed by atoms with van der Waals surface area (Å²) < 4.78 is 0. The average molecular weight is 212 g/mol. The zero-order chi connectivity index (χ0) is 11.3. The van der Waals surface area contributed by atoms with E-state index in [4.69, 9.17) is 0 Å².